The molecule has 9 aromatic heterocycles. The van der Waals surface area contributed by atoms with Gasteiger partial charge < -0.3 is 69.4 Å². The summed E-state index contributed by atoms with van der Waals surface area (Å²) >= 11 is 0. The molecule has 4 atom stereocenters. The van der Waals surface area contributed by atoms with Crippen molar-refractivity contribution in [1.29, 1.82) is 0 Å². The molecular formula is C99H142N26O14. The first-order valence-corrected chi connectivity index (χ1v) is 47.4. The lowest BCUT2D eigenvalue weighted by Gasteiger charge is -2.36. The number of anilines is 7. The molecule has 139 heavy (non-hydrogen) atoms. The Bertz CT molecular complexity index is 5990. The number of nitrogens with two attached hydrogens (primary N) is 1. The SMILES string of the molecule is CCOC(=O)C1(C)C/C(=C/N(C)C)C(=O)c2c1nn(C)c2C(C)C.CCOC(=O)C1(C)Cc2cnc(N)nc2-c2c1nn(C)c2C(C)C.CCOC(=O)C1(C)Cc2cnc(Nc3ccc(N4CCN(C(=O)OC(C)(C)C)CC4)cn3)nc2-c2c1nn(C)c2C(C)C.CNOC.CON(C)C(=O)C1(C)Cc2cnc(Nc3ccc(N4CCN(C(=O)OC(C)(C)C)CC4)cn3)nc2-c2c1nn(C)c2C(C)C. The molecule has 0 bridgehead atoms. The van der Waals surface area contributed by atoms with Crippen molar-refractivity contribution in [3.8, 4) is 33.8 Å². The molecule has 4 aliphatic carbocycles. The number of nitrogens with one attached hydrogen (secondary N) is 3. The number of ether oxygens (including phenoxy) is 5. The number of piperazine rings is 2. The van der Waals surface area contributed by atoms with Crippen molar-refractivity contribution in [2.45, 2.75) is 228 Å². The molecular weight excluding hydrogens is 1780 g/mol. The molecule has 9 aromatic rings. The fourth-order valence-electron chi connectivity index (χ4n) is 18.6. The summed E-state index contributed by atoms with van der Waals surface area (Å²) in [7, 11) is 17.6. The van der Waals surface area contributed by atoms with Gasteiger partial charge in [0.15, 0.2) is 5.78 Å². The summed E-state index contributed by atoms with van der Waals surface area (Å²) in [5.74, 6) is 1.77. The van der Waals surface area contributed by atoms with Gasteiger partial charge in [0.05, 0.1) is 131 Å². The van der Waals surface area contributed by atoms with Gasteiger partial charge >= 0.3 is 30.1 Å². The molecule has 15 rings (SSSR count). The Labute approximate surface area is 814 Å². The summed E-state index contributed by atoms with van der Waals surface area (Å²) < 4.78 is 34.4. The summed E-state index contributed by atoms with van der Waals surface area (Å²) in [6.45, 7) is 46.8. The van der Waals surface area contributed by atoms with Crippen molar-refractivity contribution in [2.24, 2.45) is 28.2 Å². The molecule has 40 nitrogen and oxygen atoms in total. The Morgan fingerprint density at radius 3 is 1.11 bits per heavy atom. The number of hydrogen-bond donors (Lipinski definition) is 4. The van der Waals surface area contributed by atoms with E-state index in [1.54, 1.807) is 74.3 Å². The predicted octanol–water partition coefficient (Wildman–Crippen LogP) is 12.7. The third kappa shape index (κ3) is 22.8. The standard InChI is InChI=1S/C31H43N9O4.C31H42N8O4.C18H27N3O3.C17H23N5O2.C2H7NO/c1-19(2)25-23-24-20(16-31(6,26(23)36-37(25)7)27(41)38(8)43-9)17-33-28(35-24)34-22-11-10-21(18-32-22)39-12-14-40(15-13-39)29(42)44-30(3,4)5;1-9-42-27(40)31(7)16-20-17-33-28(35-24(20)23-25(19(2)3)37(8)36-26(23)31)34-22-11-10-21(18-32-22)38-12-14-39(15-13-38)29(41)43-30(4,5)6;1-8-24-17(23)18(4)9-12(10-20(5)6)15(22)13-14(11(2)3)21(7)19-16(13)18;1-6-24-15(23)17(4)7-10-8-19-16(18)20-12(10)11-13(9(2)3)22(5)21-14(11)17;1-3-4-2/h10-11,17-19H,12-16H2,1-9H3,(H,32,33,34,35);10-11,17-19H,9,12-16H2,1-8H3,(H,32,33,34,35);10-11H,8-9H2,1-7H3;8-9H,6-7H2,1-5H3,(H2,18,19,20);3H,1-2H3/b;;12-10-;;. The third-order valence-corrected chi connectivity index (χ3v) is 25.1. The largest absolute Gasteiger partial charge is 0.465 e. The molecule has 11 heterocycles. The van der Waals surface area contributed by atoms with Crippen LogP contribution in [0.25, 0.3) is 33.8 Å². The van der Waals surface area contributed by atoms with Crippen LogP contribution >= 0.6 is 0 Å². The highest BCUT2D eigenvalue weighted by Gasteiger charge is 2.53. The lowest BCUT2D eigenvalue weighted by molar-refractivity contribution is -0.175. The lowest BCUT2D eigenvalue weighted by atomic mass is 9.71. The molecule has 6 aliphatic rings. The molecule has 2 fully saturated rings. The lowest BCUT2D eigenvalue weighted by Crippen LogP contribution is -2.50. The number of pyridine rings is 2. The Morgan fingerprint density at radius 1 is 0.468 bits per heavy atom. The van der Waals surface area contributed by atoms with E-state index in [0.29, 0.717) is 155 Å². The second-order valence-electron chi connectivity index (χ2n) is 39.8. The number of rotatable bonds is 20. The van der Waals surface area contributed by atoms with Crippen LogP contribution in [-0.4, -0.2) is 266 Å². The summed E-state index contributed by atoms with van der Waals surface area (Å²) in [5.41, 5.74) is 20.7. The molecule has 2 aliphatic heterocycles. The number of esters is 3. The van der Waals surface area contributed by atoms with Gasteiger partial charge in [-0.1, -0.05) is 55.4 Å². The number of amides is 3. The minimum absolute atomic E-state index is 0.0442. The molecule has 3 amide bonds. The maximum absolute atomic E-state index is 13.5. The number of likely N-dealkylation sites (N-methyl/N-ethyl adjacent to an activating group) is 1. The smallest absolute Gasteiger partial charge is 0.410 e. The van der Waals surface area contributed by atoms with Gasteiger partial charge in [-0.05, 0) is 180 Å². The normalized spacial score (nSPS) is 18.7. The Balaban J connectivity index is 0.000000181. The minimum Gasteiger partial charge on any atom is -0.465 e. The number of carbonyl (C=O) groups is 7. The van der Waals surface area contributed by atoms with Gasteiger partial charge in [0.2, 0.25) is 17.8 Å². The first-order valence-electron chi connectivity index (χ1n) is 47.4. The number of Topliss-reactive ketones (excluding diaryl/α,β-unsaturated/α-hetero) is 1. The van der Waals surface area contributed by atoms with Crippen LogP contribution in [0.2, 0.25) is 0 Å². The highest BCUT2D eigenvalue weighted by atomic mass is 16.7. The van der Waals surface area contributed by atoms with E-state index in [9.17, 15) is 33.6 Å². The zero-order valence-electron chi connectivity index (χ0n) is 86.8. The Hall–Kier alpha value is -13.1. The van der Waals surface area contributed by atoms with E-state index >= 15 is 0 Å². The predicted molar refractivity (Wildman–Crippen MR) is 529 cm³/mol. The third-order valence-electron chi connectivity index (χ3n) is 25.1. The van der Waals surface area contributed by atoms with Crippen LogP contribution < -0.4 is 31.6 Å². The Kier molecular flexibility index (Phi) is 33.0. The first kappa shape index (κ1) is 106. The molecule has 4 unspecified atom stereocenters. The van der Waals surface area contributed by atoms with Gasteiger partial charge in [-0.25, -0.2) is 60.0 Å². The van der Waals surface area contributed by atoms with Crippen molar-refractivity contribution in [2.75, 3.05) is 141 Å². The van der Waals surface area contributed by atoms with Crippen LogP contribution in [0.15, 0.2) is 67.0 Å². The number of allylic oxidation sites excluding steroid dienone is 1. The summed E-state index contributed by atoms with van der Waals surface area (Å²) in [4.78, 5) is 146. The summed E-state index contributed by atoms with van der Waals surface area (Å²) in [5, 5.41) is 26.6. The van der Waals surface area contributed by atoms with E-state index in [2.05, 4.69) is 112 Å². The van der Waals surface area contributed by atoms with Gasteiger partial charge in [-0.3, -0.25) is 47.5 Å². The van der Waals surface area contributed by atoms with Gasteiger partial charge in [0.1, 0.15) is 39.1 Å². The van der Waals surface area contributed by atoms with Crippen molar-refractivity contribution < 1.29 is 66.9 Å². The van der Waals surface area contributed by atoms with E-state index in [-0.39, 0.29) is 71.4 Å². The number of nitrogen functional groups attached to an aromatic ring is 1. The molecule has 752 valence electrons. The van der Waals surface area contributed by atoms with Crippen molar-refractivity contribution in [3.63, 3.8) is 0 Å². The van der Waals surface area contributed by atoms with Crippen molar-refractivity contribution in [1.82, 2.24) is 104 Å². The van der Waals surface area contributed by atoms with Gasteiger partial charge in [0.25, 0.3) is 5.91 Å². The molecule has 0 radical (unpaired) electrons. The zero-order valence-corrected chi connectivity index (χ0v) is 86.8. The van der Waals surface area contributed by atoms with Crippen LogP contribution in [0.3, 0.4) is 0 Å². The zero-order chi connectivity index (χ0) is 102. The number of hydroxylamine groups is 3. The molecule has 5 N–H and O–H groups in total. The number of aryl methyl sites for hydroxylation is 4. The summed E-state index contributed by atoms with van der Waals surface area (Å²) in [6, 6.07) is 7.78. The minimum atomic E-state index is -0.952. The quantitative estimate of drug-likeness (QED) is 0.0238. The van der Waals surface area contributed by atoms with E-state index < -0.39 is 32.9 Å². The molecule has 0 aromatic carbocycles. The number of aromatic nitrogens is 16. The second-order valence-corrected chi connectivity index (χ2v) is 39.8. The fraction of sp³-hybridized carbons (Fsp3) is 0.566. The number of hydrogen-bond acceptors (Lipinski definition) is 33. The van der Waals surface area contributed by atoms with Crippen LogP contribution in [0.1, 0.15) is 248 Å². The topological polar surface area (TPSA) is 440 Å². The second kappa shape index (κ2) is 43.1. The van der Waals surface area contributed by atoms with Crippen LogP contribution in [-0.2, 0) is 122 Å². The van der Waals surface area contributed by atoms with Gasteiger partial charge in [-0.2, -0.15) is 20.4 Å². The average Bonchev–Trinajstić information content (AvgIpc) is 1.60. The summed E-state index contributed by atoms with van der Waals surface area (Å²) in [6.07, 6.45) is 11.7. The van der Waals surface area contributed by atoms with E-state index in [1.807, 2.05) is 188 Å². The van der Waals surface area contributed by atoms with Crippen LogP contribution in [0, 0.1) is 0 Å². The van der Waals surface area contributed by atoms with Gasteiger partial charge in [0, 0.05) is 156 Å². The molecule has 0 saturated carbocycles. The highest BCUT2D eigenvalue weighted by molar-refractivity contribution is 6.14. The molecule has 2 saturated heterocycles. The van der Waals surface area contributed by atoms with E-state index in [0.717, 1.165) is 84.6 Å². The molecule has 0 spiro atoms. The highest BCUT2D eigenvalue weighted by Crippen LogP contribution is 2.51. The van der Waals surface area contributed by atoms with Crippen molar-refractivity contribution in [3.05, 3.63) is 135 Å². The van der Waals surface area contributed by atoms with Crippen molar-refractivity contribution >= 4 is 82.6 Å². The number of fused-ring (bicyclic) bond motifs is 10. The maximum Gasteiger partial charge on any atom is 0.410 e. The van der Waals surface area contributed by atoms with E-state index in [1.165, 1.54) is 12.2 Å². The van der Waals surface area contributed by atoms with Crippen LogP contribution in [0.4, 0.5) is 50.4 Å². The number of ketones is 1. The fourth-order valence-corrected chi connectivity index (χ4v) is 18.6. The maximum atomic E-state index is 13.5. The first-order chi connectivity index (χ1) is 65.3. The monoisotopic (exact) mass is 1920 g/mol. The Morgan fingerprint density at radius 2 is 0.791 bits per heavy atom. The van der Waals surface area contributed by atoms with Crippen LogP contribution in [0.5, 0.6) is 0 Å². The van der Waals surface area contributed by atoms with Gasteiger partial charge in [-0.15, -0.1) is 0 Å². The average molecular weight is 1920 g/mol. The number of nitrogens with zero attached hydrogens (tertiary/aromatic N) is 22. The van der Waals surface area contributed by atoms with E-state index in [4.69, 9.17) is 54.4 Å². The molecule has 40 heteroatoms. The number of carbonyl (C=O) groups excluding carboxylic acids is 7.